The number of carbonyl (C=O) groups is 1. The molecule has 0 radical (unpaired) electrons. The molecule has 2 heterocycles. The van der Waals surface area contributed by atoms with Crippen molar-refractivity contribution >= 4 is 28.3 Å². The summed E-state index contributed by atoms with van der Waals surface area (Å²) in [5.41, 5.74) is 14.7. The summed E-state index contributed by atoms with van der Waals surface area (Å²) in [6, 6.07) is 8.49. The van der Waals surface area contributed by atoms with E-state index in [1.807, 2.05) is 6.07 Å². The maximum atomic E-state index is 13.3. The first kappa shape index (κ1) is 27.6. The summed E-state index contributed by atoms with van der Waals surface area (Å²) in [6.45, 7) is 11.8. The van der Waals surface area contributed by atoms with Crippen molar-refractivity contribution in [2.45, 2.75) is 46.4 Å². The second kappa shape index (κ2) is 10.4. The molecule has 1 aliphatic heterocycles. The molecule has 1 unspecified atom stereocenters. The number of carbonyl (C=O) groups excluding carboxylic acids is 1. The molecule has 1 fully saturated rings. The van der Waals surface area contributed by atoms with Crippen molar-refractivity contribution in [1.82, 2.24) is 15.1 Å². The number of benzene rings is 2. The Hall–Kier alpha value is -3.47. The number of amides is 1. The number of hydrogen-bond donors (Lipinski definition) is 3. The van der Waals surface area contributed by atoms with E-state index in [0.717, 1.165) is 46.1 Å². The standard InChI is InChI=1S/C27H35F3N6O2/c1-16(27(28,29)30)38-22-15-18(13-20-23(22)24(31)34-33-20)17-5-6-19(25(32)37)21(14-17)36-11-9-35(10-12-36)8-7-26(2,3)4/h5-6,13-16H,7-12H2,1-4H3,(H2,32,37)(H3,31,33,34). The molecular formula is C27H35F3N6O2. The minimum atomic E-state index is -4.55. The lowest BCUT2D eigenvalue weighted by Crippen LogP contribution is -2.47. The third-order valence-corrected chi connectivity index (χ3v) is 6.91. The monoisotopic (exact) mass is 532 g/mol. The largest absolute Gasteiger partial charge is 0.480 e. The summed E-state index contributed by atoms with van der Waals surface area (Å²) in [6.07, 6.45) is -5.50. The molecule has 38 heavy (non-hydrogen) atoms. The molecule has 4 rings (SSSR count). The lowest BCUT2D eigenvalue weighted by Gasteiger charge is -2.38. The molecule has 0 spiro atoms. The van der Waals surface area contributed by atoms with Gasteiger partial charge in [0.1, 0.15) is 5.75 Å². The summed E-state index contributed by atoms with van der Waals surface area (Å²) in [7, 11) is 0. The number of piperazine rings is 1. The zero-order valence-corrected chi connectivity index (χ0v) is 22.2. The van der Waals surface area contributed by atoms with Crippen molar-refractivity contribution in [3.8, 4) is 16.9 Å². The van der Waals surface area contributed by atoms with Crippen LogP contribution in [-0.4, -0.2) is 66.0 Å². The first-order valence-electron chi connectivity index (χ1n) is 12.7. The number of hydrogen-bond acceptors (Lipinski definition) is 6. The Labute approximate surface area is 220 Å². The van der Waals surface area contributed by atoms with Gasteiger partial charge in [0.2, 0.25) is 0 Å². The van der Waals surface area contributed by atoms with Crippen LogP contribution >= 0.6 is 0 Å². The van der Waals surface area contributed by atoms with Crippen LogP contribution in [0.5, 0.6) is 5.75 Å². The van der Waals surface area contributed by atoms with Gasteiger partial charge in [0, 0.05) is 26.2 Å². The van der Waals surface area contributed by atoms with Crippen LogP contribution in [0.2, 0.25) is 0 Å². The molecule has 2 aromatic carbocycles. The normalized spacial score (nSPS) is 16.1. The van der Waals surface area contributed by atoms with Crippen LogP contribution < -0.4 is 21.1 Å². The molecule has 206 valence electrons. The molecule has 11 heteroatoms. The van der Waals surface area contributed by atoms with Gasteiger partial charge >= 0.3 is 6.18 Å². The van der Waals surface area contributed by atoms with Crippen LogP contribution in [0.1, 0.15) is 44.5 Å². The SMILES string of the molecule is CC(Oc1cc(-c2ccc(C(N)=O)c(N3CCN(CCC(C)(C)C)CC3)c2)cc2[nH]nc(N)c12)C(F)(F)F. The van der Waals surface area contributed by atoms with E-state index in [2.05, 4.69) is 40.8 Å². The molecule has 0 aliphatic carbocycles. The second-order valence-electron chi connectivity index (χ2n) is 11.0. The lowest BCUT2D eigenvalue weighted by atomic mass is 9.92. The maximum Gasteiger partial charge on any atom is 0.425 e. The summed E-state index contributed by atoms with van der Waals surface area (Å²) in [5.74, 6) is -0.520. The van der Waals surface area contributed by atoms with Crippen molar-refractivity contribution in [2.75, 3.05) is 43.4 Å². The summed E-state index contributed by atoms with van der Waals surface area (Å²) in [4.78, 5) is 16.8. The Kier molecular flexibility index (Phi) is 7.51. The fraction of sp³-hybridized carbons (Fsp3) is 0.481. The Morgan fingerprint density at radius 2 is 1.79 bits per heavy atom. The number of primary amides is 1. The first-order chi connectivity index (χ1) is 17.7. The Bertz CT molecular complexity index is 1310. The number of nitrogen functional groups attached to an aromatic ring is 1. The third kappa shape index (κ3) is 6.15. The number of rotatable bonds is 7. The van der Waals surface area contributed by atoms with Crippen molar-refractivity contribution in [3.63, 3.8) is 0 Å². The average Bonchev–Trinajstić information content (AvgIpc) is 3.22. The number of anilines is 2. The highest BCUT2D eigenvalue weighted by molar-refractivity contribution is 6.01. The first-order valence-corrected chi connectivity index (χ1v) is 12.7. The van der Waals surface area contributed by atoms with E-state index in [9.17, 15) is 18.0 Å². The van der Waals surface area contributed by atoms with Crippen molar-refractivity contribution in [1.29, 1.82) is 0 Å². The molecule has 1 aliphatic rings. The Morgan fingerprint density at radius 3 is 2.39 bits per heavy atom. The zero-order valence-electron chi connectivity index (χ0n) is 22.2. The van der Waals surface area contributed by atoms with E-state index in [4.69, 9.17) is 16.2 Å². The molecule has 5 N–H and O–H groups in total. The number of nitrogens with two attached hydrogens (primary N) is 2. The zero-order chi connectivity index (χ0) is 27.8. The Balaban J connectivity index is 1.66. The minimum absolute atomic E-state index is 0.0263. The van der Waals surface area contributed by atoms with E-state index in [1.165, 1.54) is 6.07 Å². The number of alkyl halides is 3. The minimum Gasteiger partial charge on any atom is -0.480 e. The molecule has 1 saturated heterocycles. The number of aromatic nitrogens is 2. The van der Waals surface area contributed by atoms with Gasteiger partial charge in [-0.2, -0.15) is 18.3 Å². The number of nitrogens with zero attached hydrogens (tertiary/aromatic N) is 3. The van der Waals surface area contributed by atoms with Crippen LogP contribution in [0.25, 0.3) is 22.0 Å². The molecule has 8 nitrogen and oxygen atoms in total. The topological polar surface area (TPSA) is 114 Å². The van der Waals surface area contributed by atoms with Gasteiger partial charge in [-0.3, -0.25) is 14.8 Å². The number of nitrogens with one attached hydrogen (secondary N) is 1. The van der Waals surface area contributed by atoms with Gasteiger partial charge in [0.05, 0.1) is 22.2 Å². The highest BCUT2D eigenvalue weighted by atomic mass is 19.4. The van der Waals surface area contributed by atoms with Crippen LogP contribution in [0.3, 0.4) is 0 Å². The van der Waals surface area contributed by atoms with E-state index < -0.39 is 18.2 Å². The summed E-state index contributed by atoms with van der Waals surface area (Å²) >= 11 is 0. The van der Waals surface area contributed by atoms with Gasteiger partial charge in [0.15, 0.2) is 11.9 Å². The number of fused-ring (bicyclic) bond motifs is 1. The number of aromatic amines is 1. The number of ether oxygens (including phenoxy) is 1. The predicted octanol–water partition coefficient (Wildman–Crippen LogP) is 4.80. The second-order valence-corrected chi connectivity index (χ2v) is 11.0. The summed E-state index contributed by atoms with van der Waals surface area (Å²) in [5, 5.41) is 6.99. The molecule has 1 amide bonds. The summed E-state index contributed by atoms with van der Waals surface area (Å²) < 4.78 is 45.1. The number of halogens is 3. The van der Waals surface area contributed by atoms with Gasteiger partial charge < -0.3 is 21.1 Å². The molecule has 0 bridgehead atoms. The third-order valence-electron chi connectivity index (χ3n) is 6.91. The van der Waals surface area contributed by atoms with E-state index in [0.29, 0.717) is 27.9 Å². The predicted molar refractivity (Wildman–Crippen MR) is 143 cm³/mol. The van der Waals surface area contributed by atoms with Crippen LogP contribution in [-0.2, 0) is 0 Å². The van der Waals surface area contributed by atoms with Crippen LogP contribution in [0.15, 0.2) is 30.3 Å². The average molecular weight is 533 g/mol. The van der Waals surface area contributed by atoms with Gasteiger partial charge in [-0.05, 0) is 60.7 Å². The van der Waals surface area contributed by atoms with E-state index in [1.54, 1.807) is 18.2 Å². The molecule has 3 aromatic rings. The van der Waals surface area contributed by atoms with Gasteiger partial charge in [-0.1, -0.05) is 26.8 Å². The van der Waals surface area contributed by atoms with Crippen molar-refractivity contribution < 1.29 is 22.7 Å². The van der Waals surface area contributed by atoms with Crippen LogP contribution in [0.4, 0.5) is 24.7 Å². The molecule has 0 saturated carbocycles. The number of H-pyrrole nitrogens is 1. The van der Waals surface area contributed by atoms with Crippen molar-refractivity contribution in [2.24, 2.45) is 11.1 Å². The van der Waals surface area contributed by atoms with Gasteiger partial charge in [0.25, 0.3) is 5.91 Å². The smallest absolute Gasteiger partial charge is 0.425 e. The quantitative estimate of drug-likeness (QED) is 0.403. The van der Waals surface area contributed by atoms with E-state index in [-0.39, 0.29) is 22.4 Å². The van der Waals surface area contributed by atoms with Gasteiger partial charge in [-0.25, -0.2) is 0 Å². The maximum absolute atomic E-state index is 13.3. The lowest BCUT2D eigenvalue weighted by molar-refractivity contribution is -0.188. The Morgan fingerprint density at radius 1 is 1.11 bits per heavy atom. The molecular weight excluding hydrogens is 497 g/mol. The highest BCUT2D eigenvalue weighted by Gasteiger charge is 2.38. The fourth-order valence-corrected chi connectivity index (χ4v) is 4.55. The van der Waals surface area contributed by atoms with E-state index >= 15 is 0 Å². The molecule has 1 atom stereocenters. The fourth-order valence-electron chi connectivity index (χ4n) is 4.55. The molecule has 1 aromatic heterocycles. The van der Waals surface area contributed by atoms with Gasteiger partial charge in [-0.15, -0.1) is 0 Å². The van der Waals surface area contributed by atoms with Crippen molar-refractivity contribution in [3.05, 3.63) is 35.9 Å². The van der Waals surface area contributed by atoms with Crippen LogP contribution in [0, 0.1) is 5.41 Å². The highest BCUT2D eigenvalue weighted by Crippen LogP contribution is 2.38.